The van der Waals surface area contributed by atoms with Crippen LogP contribution in [0.3, 0.4) is 0 Å². The van der Waals surface area contributed by atoms with Gasteiger partial charge in [-0.05, 0) is 43.9 Å². The Morgan fingerprint density at radius 3 is 2.38 bits per heavy atom. The monoisotopic (exact) mass is 412 g/mol. The molecule has 1 fully saturated rings. The van der Waals surface area contributed by atoms with E-state index in [-0.39, 0.29) is 24.4 Å². The lowest BCUT2D eigenvalue weighted by Gasteiger charge is -2.28. The van der Waals surface area contributed by atoms with Crippen molar-refractivity contribution in [2.75, 3.05) is 6.54 Å². The molecule has 0 spiro atoms. The number of hydrogen-bond donors (Lipinski definition) is 0. The second-order valence-corrected chi connectivity index (χ2v) is 9.33. The standard InChI is InChI=1S/C24H32N2O2S/c1-3-4-6-11-23(27)26(21-13-14-21)18-24(28)25(16-20-9-7-5-8-10-20)17-22-15-12-19(2)29-22/h5,7-10,12,15,21H,3-4,6,11,13-14,16-18H2,1-2H3. The number of unbranched alkanes of at least 4 members (excludes halogenated alkanes) is 2. The minimum absolute atomic E-state index is 0.0376. The predicted octanol–water partition coefficient (Wildman–Crippen LogP) is 5.16. The van der Waals surface area contributed by atoms with Gasteiger partial charge in [-0.15, -0.1) is 11.3 Å². The maximum atomic E-state index is 13.3. The summed E-state index contributed by atoms with van der Waals surface area (Å²) in [5.74, 6) is 0.177. The summed E-state index contributed by atoms with van der Waals surface area (Å²) in [7, 11) is 0. The Morgan fingerprint density at radius 2 is 1.76 bits per heavy atom. The molecule has 5 heteroatoms. The van der Waals surface area contributed by atoms with Gasteiger partial charge in [0, 0.05) is 28.8 Å². The molecular formula is C24H32N2O2S. The first-order chi connectivity index (χ1) is 14.1. The number of benzene rings is 1. The van der Waals surface area contributed by atoms with Gasteiger partial charge in [0.15, 0.2) is 0 Å². The van der Waals surface area contributed by atoms with Crippen molar-refractivity contribution in [1.82, 2.24) is 9.80 Å². The molecule has 4 nitrogen and oxygen atoms in total. The van der Waals surface area contributed by atoms with Gasteiger partial charge in [-0.2, -0.15) is 0 Å². The average Bonchev–Trinajstić information content (AvgIpc) is 3.48. The molecule has 1 saturated carbocycles. The van der Waals surface area contributed by atoms with Crippen LogP contribution in [0.5, 0.6) is 0 Å². The Labute approximate surface area is 178 Å². The van der Waals surface area contributed by atoms with Crippen molar-refractivity contribution in [1.29, 1.82) is 0 Å². The highest BCUT2D eigenvalue weighted by Gasteiger charge is 2.34. The molecule has 0 radical (unpaired) electrons. The van der Waals surface area contributed by atoms with Crippen LogP contribution in [0.2, 0.25) is 0 Å². The lowest BCUT2D eigenvalue weighted by atomic mass is 10.2. The number of nitrogens with zero attached hydrogens (tertiary/aromatic N) is 2. The minimum atomic E-state index is 0.0376. The minimum Gasteiger partial charge on any atom is -0.332 e. The summed E-state index contributed by atoms with van der Waals surface area (Å²) in [5.41, 5.74) is 1.11. The first-order valence-corrected chi connectivity index (χ1v) is 11.5. The SMILES string of the molecule is CCCCCC(=O)N(CC(=O)N(Cc1ccccc1)Cc1ccc(C)s1)C1CC1. The number of carbonyl (C=O) groups is 2. The summed E-state index contributed by atoms with van der Waals surface area (Å²) < 4.78 is 0. The third-order valence-corrected chi connectivity index (χ3v) is 6.30. The normalized spacial score (nSPS) is 13.3. The van der Waals surface area contributed by atoms with Crippen LogP contribution in [0, 0.1) is 6.92 Å². The summed E-state index contributed by atoms with van der Waals surface area (Å²) in [6.07, 6.45) is 5.68. The van der Waals surface area contributed by atoms with Crippen LogP contribution in [-0.4, -0.2) is 34.2 Å². The second kappa shape index (κ2) is 10.6. The van der Waals surface area contributed by atoms with E-state index in [9.17, 15) is 9.59 Å². The number of aryl methyl sites for hydroxylation is 1. The Balaban J connectivity index is 1.69. The first-order valence-electron chi connectivity index (χ1n) is 10.7. The molecule has 1 aromatic heterocycles. The predicted molar refractivity (Wildman–Crippen MR) is 119 cm³/mol. The molecule has 1 aliphatic rings. The van der Waals surface area contributed by atoms with Gasteiger partial charge in [-0.25, -0.2) is 0 Å². The van der Waals surface area contributed by atoms with Gasteiger partial charge < -0.3 is 9.80 Å². The zero-order chi connectivity index (χ0) is 20.6. The number of thiophene rings is 1. The molecule has 2 aromatic rings. The van der Waals surface area contributed by atoms with Crippen molar-refractivity contribution in [2.45, 2.75) is 71.5 Å². The van der Waals surface area contributed by atoms with Crippen molar-refractivity contribution < 1.29 is 9.59 Å². The first kappa shape index (κ1) is 21.6. The largest absolute Gasteiger partial charge is 0.332 e. The summed E-state index contributed by atoms with van der Waals surface area (Å²) in [6, 6.07) is 14.5. The molecule has 0 bridgehead atoms. The van der Waals surface area contributed by atoms with Crippen LogP contribution in [0.25, 0.3) is 0 Å². The molecule has 2 amide bonds. The lowest BCUT2D eigenvalue weighted by molar-refractivity contribution is -0.141. The van der Waals surface area contributed by atoms with Crippen LogP contribution in [0.15, 0.2) is 42.5 Å². The van der Waals surface area contributed by atoms with Crippen molar-refractivity contribution in [3.63, 3.8) is 0 Å². The van der Waals surface area contributed by atoms with E-state index >= 15 is 0 Å². The fourth-order valence-corrected chi connectivity index (χ4v) is 4.42. The van der Waals surface area contributed by atoms with Crippen molar-refractivity contribution in [2.24, 2.45) is 0 Å². The molecule has 1 aliphatic carbocycles. The van der Waals surface area contributed by atoms with Crippen LogP contribution >= 0.6 is 11.3 Å². The van der Waals surface area contributed by atoms with Crippen molar-refractivity contribution in [3.8, 4) is 0 Å². The van der Waals surface area contributed by atoms with E-state index in [1.54, 1.807) is 11.3 Å². The average molecular weight is 413 g/mol. The number of amides is 2. The maximum absolute atomic E-state index is 13.3. The van der Waals surface area contributed by atoms with E-state index < -0.39 is 0 Å². The van der Waals surface area contributed by atoms with Crippen LogP contribution in [0.1, 0.15) is 60.8 Å². The number of rotatable bonds is 11. The van der Waals surface area contributed by atoms with Gasteiger partial charge in [0.1, 0.15) is 6.54 Å². The van der Waals surface area contributed by atoms with Gasteiger partial charge in [-0.3, -0.25) is 9.59 Å². The topological polar surface area (TPSA) is 40.6 Å². The maximum Gasteiger partial charge on any atom is 0.242 e. The van der Waals surface area contributed by atoms with Crippen molar-refractivity contribution in [3.05, 3.63) is 57.8 Å². The molecule has 29 heavy (non-hydrogen) atoms. The molecule has 0 saturated heterocycles. The second-order valence-electron chi connectivity index (χ2n) is 7.96. The van der Waals surface area contributed by atoms with Gasteiger partial charge in [0.2, 0.25) is 11.8 Å². The van der Waals surface area contributed by atoms with Crippen LogP contribution < -0.4 is 0 Å². The Morgan fingerprint density at radius 1 is 1.00 bits per heavy atom. The molecule has 1 heterocycles. The molecule has 0 N–H and O–H groups in total. The third kappa shape index (κ3) is 6.70. The summed E-state index contributed by atoms with van der Waals surface area (Å²) in [4.78, 5) is 32.2. The van der Waals surface area contributed by atoms with E-state index in [4.69, 9.17) is 0 Å². The molecule has 0 atom stereocenters. The molecule has 1 aromatic carbocycles. The Kier molecular flexibility index (Phi) is 7.87. The highest BCUT2D eigenvalue weighted by molar-refractivity contribution is 7.11. The van der Waals surface area contributed by atoms with Crippen molar-refractivity contribution >= 4 is 23.2 Å². The van der Waals surface area contributed by atoms with Gasteiger partial charge in [0.05, 0.1) is 6.54 Å². The van der Waals surface area contributed by atoms with E-state index in [1.807, 2.05) is 28.0 Å². The molecule has 3 rings (SSSR count). The number of carbonyl (C=O) groups excluding carboxylic acids is 2. The lowest BCUT2D eigenvalue weighted by Crippen LogP contribution is -2.43. The zero-order valence-electron chi connectivity index (χ0n) is 17.6. The zero-order valence-corrected chi connectivity index (χ0v) is 18.4. The fraction of sp³-hybridized carbons (Fsp3) is 0.500. The molecule has 156 valence electrons. The van der Waals surface area contributed by atoms with E-state index in [0.717, 1.165) is 37.7 Å². The molecule has 0 aliphatic heterocycles. The number of hydrogen-bond acceptors (Lipinski definition) is 3. The van der Waals surface area contributed by atoms with E-state index in [2.05, 4.69) is 38.1 Å². The van der Waals surface area contributed by atoms with Gasteiger partial charge >= 0.3 is 0 Å². The van der Waals surface area contributed by atoms with Crippen LogP contribution in [-0.2, 0) is 22.7 Å². The molecule has 0 unspecified atom stereocenters. The highest BCUT2D eigenvalue weighted by atomic mass is 32.1. The van der Waals surface area contributed by atoms with E-state index in [0.29, 0.717) is 19.5 Å². The third-order valence-electron chi connectivity index (χ3n) is 5.32. The summed E-state index contributed by atoms with van der Waals surface area (Å²) in [5, 5.41) is 0. The van der Waals surface area contributed by atoms with Crippen LogP contribution in [0.4, 0.5) is 0 Å². The Bertz CT molecular complexity index is 798. The quantitative estimate of drug-likeness (QED) is 0.479. The Hall–Kier alpha value is -2.14. The fourth-order valence-electron chi connectivity index (χ4n) is 3.52. The summed E-state index contributed by atoms with van der Waals surface area (Å²) >= 11 is 1.73. The smallest absolute Gasteiger partial charge is 0.242 e. The summed E-state index contributed by atoms with van der Waals surface area (Å²) in [6.45, 7) is 5.59. The van der Waals surface area contributed by atoms with Gasteiger partial charge in [0.25, 0.3) is 0 Å². The van der Waals surface area contributed by atoms with E-state index in [1.165, 1.54) is 9.75 Å². The van der Waals surface area contributed by atoms with Gasteiger partial charge in [-0.1, -0.05) is 50.1 Å². The molecular weight excluding hydrogens is 380 g/mol. The highest BCUT2D eigenvalue weighted by Crippen LogP contribution is 2.28.